The molecule has 0 aromatic heterocycles. The van der Waals surface area contributed by atoms with Gasteiger partial charge in [0.15, 0.2) is 0 Å². The van der Waals surface area contributed by atoms with Crippen LogP contribution >= 0.6 is 15.9 Å². The van der Waals surface area contributed by atoms with Crippen molar-refractivity contribution in [2.24, 2.45) is 22.9 Å². The number of nitrogens with zero attached hydrogens (tertiary/aromatic N) is 1. The second-order valence-electron chi connectivity index (χ2n) is 5.82. The van der Waals surface area contributed by atoms with E-state index in [1.165, 1.54) is 25.7 Å². The Balaban J connectivity index is 1.59. The molecule has 0 unspecified atom stereocenters. The molecule has 1 aromatic carbocycles. The van der Waals surface area contributed by atoms with Gasteiger partial charge in [-0.1, -0.05) is 40.9 Å². The van der Waals surface area contributed by atoms with Crippen LogP contribution in [0.3, 0.4) is 0 Å². The van der Waals surface area contributed by atoms with Crippen molar-refractivity contribution in [2.45, 2.75) is 32.6 Å². The average molecular weight is 335 g/mol. The Morgan fingerprint density at radius 2 is 1.80 bits per heavy atom. The van der Waals surface area contributed by atoms with E-state index in [2.05, 4.69) is 26.5 Å². The molecule has 2 aliphatic rings. The molecule has 0 radical (unpaired) electrons. The average Bonchev–Trinajstić information content (AvgIpc) is 3.19. The third-order valence-corrected chi connectivity index (χ3v) is 5.08. The second-order valence-corrected chi connectivity index (χ2v) is 6.73. The van der Waals surface area contributed by atoms with Crippen LogP contribution in [0.5, 0.6) is 0 Å². The van der Waals surface area contributed by atoms with Gasteiger partial charge in [-0.3, -0.25) is 4.79 Å². The first kappa shape index (κ1) is 13.8. The van der Waals surface area contributed by atoms with Gasteiger partial charge in [0.1, 0.15) is 0 Å². The number of halogens is 1. The molecule has 20 heavy (non-hydrogen) atoms. The minimum Gasteiger partial charge on any atom is -0.273 e. The maximum atomic E-state index is 12.1. The first-order valence-corrected chi connectivity index (χ1v) is 8.06. The van der Waals surface area contributed by atoms with E-state index in [0.717, 1.165) is 15.7 Å². The largest absolute Gasteiger partial charge is 0.273 e. The summed E-state index contributed by atoms with van der Waals surface area (Å²) in [4.78, 5) is 12.1. The molecular weight excluding hydrogens is 316 g/mol. The summed E-state index contributed by atoms with van der Waals surface area (Å²) in [5, 5.41) is 4.24. The molecule has 2 fully saturated rings. The van der Waals surface area contributed by atoms with Crippen LogP contribution in [0.4, 0.5) is 0 Å². The Morgan fingerprint density at radius 1 is 1.20 bits per heavy atom. The Morgan fingerprint density at radius 3 is 2.40 bits per heavy atom. The molecule has 3 nitrogen and oxygen atoms in total. The van der Waals surface area contributed by atoms with Crippen molar-refractivity contribution < 1.29 is 4.79 Å². The molecule has 1 amide bonds. The summed E-state index contributed by atoms with van der Waals surface area (Å²) in [7, 11) is 0. The van der Waals surface area contributed by atoms with Crippen LogP contribution < -0.4 is 5.43 Å². The third kappa shape index (κ3) is 2.80. The predicted molar refractivity (Wildman–Crippen MR) is 83.4 cm³/mol. The van der Waals surface area contributed by atoms with E-state index in [-0.39, 0.29) is 11.8 Å². The summed E-state index contributed by atoms with van der Waals surface area (Å²) in [6.45, 7) is 1.92. The number of hydrogen-bond acceptors (Lipinski definition) is 2. The van der Waals surface area contributed by atoms with Gasteiger partial charge >= 0.3 is 0 Å². The van der Waals surface area contributed by atoms with Crippen LogP contribution in [0, 0.1) is 17.8 Å². The molecule has 0 saturated heterocycles. The van der Waals surface area contributed by atoms with Crippen LogP contribution in [-0.2, 0) is 4.79 Å². The van der Waals surface area contributed by atoms with E-state index in [1.807, 2.05) is 31.2 Å². The summed E-state index contributed by atoms with van der Waals surface area (Å²) in [6.07, 6.45) is 5.01. The highest BCUT2D eigenvalue weighted by Crippen LogP contribution is 2.55. The standard InChI is InChI=1S/C16H19BrN2O/c1-10(11-6-8-12(17)9-7-11)18-19-16(20)15-13-4-2-3-5-14(13)15/h6-9,13-15H,2-5H2,1H3,(H,19,20)/b18-10+/t13-,14-/m0/s1. The summed E-state index contributed by atoms with van der Waals surface area (Å²) in [5.74, 6) is 1.59. The van der Waals surface area contributed by atoms with E-state index in [0.29, 0.717) is 11.8 Å². The van der Waals surface area contributed by atoms with Crippen LogP contribution in [0.25, 0.3) is 0 Å². The Kier molecular flexibility index (Phi) is 3.92. The van der Waals surface area contributed by atoms with Crippen molar-refractivity contribution >= 4 is 27.5 Å². The molecule has 3 rings (SSSR count). The van der Waals surface area contributed by atoms with Crippen LogP contribution in [0.2, 0.25) is 0 Å². The fourth-order valence-electron chi connectivity index (χ4n) is 3.35. The third-order valence-electron chi connectivity index (χ3n) is 4.56. The van der Waals surface area contributed by atoms with Gasteiger partial charge in [-0.15, -0.1) is 0 Å². The molecule has 2 atom stereocenters. The second kappa shape index (κ2) is 5.68. The lowest BCUT2D eigenvalue weighted by atomic mass is 10.0. The van der Waals surface area contributed by atoms with Crippen molar-refractivity contribution in [3.63, 3.8) is 0 Å². The zero-order chi connectivity index (χ0) is 14.1. The lowest BCUT2D eigenvalue weighted by Gasteiger charge is -2.04. The Hall–Kier alpha value is -1.16. The van der Waals surface area contributed by atoms with Gasteiger partial charge in [-0.25, -0.2) is 5.43 Å². The first-order valence-electron chi connectivity index (χ1n) is 7.27. The van der Waals surface area contributed by atoms with Crippen molar-refractivity contribution in [1.82, 2.24) is 5.43 Å². The maximum Gasteiger partial charge on any atom is 0.243 e. The molecule has 2 aliphatic carbocycles. The van der Waals surface area contributed by atoms with Gasteiger partial charge < -0.3 is 0 Å². The fourth-order valence-corrected chi connectivity index (χ4v) is 3.61. The van der Waals surface area contributed by atoms with Crippen molar-refractivity contribution in [2.75, 3.05) is 0 Å². The normalized spacial score (nSPS) is 28.7. The van der Waals surface area contributed by atoms with Gasteiger partial charge in [-0.2, -0.15) is 5.10 Å². The van der Waals surface area contributed by atoms with Crippen LogP contribution in [-0.4, -0.2) is 11.6 Å². The topological polar surface area (TPSA) is 41.5 Å². The highest BCUT2D eigenvalue weighted by molar-refractivity contribution is 9.10. The number of rotatable bonds is 3. The van der Waals surface area contributed by atoms with E-state index in [9.17, 15) is 4.79 Å². The quantitative estimate of drug-likeness (QED) is 0.664. The number of benzene rings is 1. The molecule has 0 bridgehead atoms. The lowest BCUT2D eigenvalue weighted by Crippen LogP contribution is -2.22. The van der Waals surface area contributed by atoms with Gasteiger partial charge in [0.05, 0.1) is 5.71 Å². The number of hydrogen-bond donors (Lipinski definition) is 1. The SMILES string of the molecule is C/C(=N\NC(=O)C1[C@H]2CCCC[C@H]12)c1ccc(Br)cc1. The van der Waals surface area contributed by atoms with E-state index in [4.69, 9.17) is 0 Å². The molecular formula is C16H19BrN2O. The molecule has 2 saturated carbocycles. The zero-order valence-electron chi connectivity index (χ0n) is 11.6. The summed E-state index contributed by atoms with van der Waals surface area (Å²) < 4.78 is 1.04. The fraction of sp³-hybridized carbons (Fsp3) is 0.500. The van der Waals surface area contributed by atoms with Crippen LogP contribution in [0.15, 0.2) is 33.8 Å². The molecule has 0 aliphatic heterocycles. The highest BCUT2D eigenvalue weighted by atomic mass is 79.9. The predicted octanol–water partition coefficient (Wildman–Crippen LogP) is 3.73. The lowest BCUT2D eigenvalue weighted by molar-refractivity contribution is -0.122. The molecule has 0 spiro atoms. The number of carbonyl (C=O) groups is 1. The van der Waals surface area contributed by atoms with E-state index in [1.54, 1.807) is 0 Å². The maximum absolute atomic E-state index is 12.1. The number of hydrazone groups is 1. The Bertz CT molecular complexity index is 526. The molecule has 1 N–H and O–H groups in total. The monoisotopic (exact) mass is 334 g/mol. The smallest absolute Gasteiger partial charge is 0.243 e. The summed E-state index contributed by atoms with van der Waals surface area (Å²) >= 11 is 3.41. The van der Waals surface area contributed by atoms with Gasteiger partial charge in [0.25, 0.3) is 0 Å². The van der Waals surface area contributed by atoms with E-state index < -0.39 is 0 Å². The summed E-state index contributed by atoms with van der Waals surface area (Å²) in [6, 6.07) is 7.94. The highest BCUT2D eigenvalue weighted by Gasteiger charge is 2.54. The molecule has 1 aromatic rings. The van der Waals surface area contributed by atoms with Gasteiger partial charge in [0.2, 0.25) is 5.91 Å². The van der Waals surface area contributed by atoms with Crippen LogP contribution in [0.1, 0.15) is 38.2 Å². The van der Waals surface area contributed by atoms with Crippen molar-refractivity contribution in [3.8, 4) is 0 Å². The van der Waals surface area contributed by atoms with Crippen molar-refractivity contribution in [1.29, 1.82) is 0 Å². The minimum atomic E-state index is 0.110. The van der Waals surface area contributed by atoms with Gasteiger partial charge in [0, 0.05) is 10.4 Å². The van der Waals surface area contributed by atoms with E-state index >= 15 is 0 Å². The molecule has 106 valence electrons. The number of amides is 1. The van der Waals surface area contributed by atoms with Crippen molar-refractivity contribution in [3.05, 3.63) is 34.3 Å². The Labute approximate surface area is 128 Å². The number of nitrogens with one attached hydrogen (secondary N) is 1. The molecule has 0 heterocycles. The minimum absolute atomic E-state index is 0.110. The molecule has 4 heteroatoms. The summed E-state index contributed by atoms with van der Waals surface area (Å²) in [5.41, 5.74) is 4.62. The number of carbonyl (C=O) groups excluding carboxylic acids is 1. The van der Waals surface area contributed by atoms with Gasteiger partial charge in [-0.05, 0) is 49.3 Å². The number of fused-ring (bicyclic) bond motifs is 1. The zero-order valence-corrected chi connectivity index (χ0v) is 13.2. The first-order chi connectivity index (χ1) is 9.66.